The highest BCUT2D eigenvalue weighted by Gasteiger charge is 2.11. The van der Waals surface area contributed by atoms with Crippen molar-refractivity contribution in [2.24, 2.45) is 7.05 Å². The molecule has 0 aliphatic heterocycles. The highest BCUT2D eigenvalue weighted by atomic mass is 16.1. The summed E-state index contributed by atoms with van der Waals surface area (Å²) in [5.74, 6) is -0.0891. The van der Waals surface area contributed by atoms with E-state index in [9.17, 15) is 4.79 Å². The van der Waals surface area contributed by atoms with Gasteiger partial charge in [0.25, 0.3) is 5.91 Å². The van der Waals surface area contributed by atoms with E-state index in [0.29, 0.717) is 12.1 Å². The Morgan fingerprint density at radius 3 is 2.95 bits per heavy atom. The van der Waals surface area contributed by atoms with Crippen LogP contribution >= 0.6 is 0 Å². The highest BCUT2D eigenvalue weighted by Crippen LogP contribution is 2.16. The third-order valence-electron chi connectivity index (χ3n) is 3.01. The number of aromatic nitrogens is 3. The van der Waals surface area contributed by atoms with Crippen molar-refractivity contribution in [2.45, 2.75) is 13.3 Å². The smallest absolute Gasteiger partial charge is 0.252 e. The van der Waals surface area contributed by atoms with E-state index < -0.39 is 0 Å². The molecule has 6 heteroatoms. The van der Waals surface area contributed by atoms with Gasteiger partial charge in [0.1, 0.15) is 0 Å². The Hall–Kier alpha value is -1.95. The largest absolute Gasteiger partial charge is 0.352 e. The SMILES string of the molecule is CNCCCNC(=O)c1cnc2c(c1)c(C)nn2C. The molecule has 2 N–H and O–H groups in total. The number of amides is 1. The Balaban J connectivity index is 2.12. The van der Waals surface area contributed by atoms with E-state index in [2.05, 4.69) is 20.7 Å². The van der Waals surface area contributed by atoms with Gasteiger partial charge in [0.05, 0.1) is 11.3 Å². The lowest BCUT2D eigenvalue weighted by Crippen LogP contribution is -2.26. The number of carbonyl (C=O) groups is 1. The lowest BCUT2D eigenvalue weighted by Gasteiger charge is -2.05. The van der Waals surface area contributed by atoms with E-state index in [0.717, 1.165) is 29.7 Å². The van der Waals surface area contributed by atoms with Crippen LogP contribution < -0.4 is 10.6 Å². The molecule has 0 saturated heterocycles. The minimum absolute atomic E-state index is 0.0891. The number of aryl methyl sites for hydroxylation is 2. The van der Waals surface area contributed by atoms with Crippen molar-refractivity contribution < 1.29 is 4.79 Å². The zero-order chi connectivity index (χ0) is 13.8. The number of hydrogen-bond donors (Lipinski definition) is 2. The van der Waals surface area contributed by atoms with Crippen LogP contribution in [-0.4, -0.2) is 40.8 Å². The van der Waals surface area contributed by atoms with Gasteiger partial charge in [-0.2, -0.15) is 5.10 Å². The average molecular weight is 261 g/mol. The van der Waals surface area contributed by atoms with E-state index in [4.69, 9.17) is 0 Å². The fourth-order valence-electron chi connectivity index (χ4n) is 2.00. The number of rotatable bonds is 5. The van der Waals surface area contributed by atoms with Crippen molar-refractivity contribution in [3.8, 4) is 0 Å². The van der Waals surface area contributed by atoms with Gasteiger partial charge in [-0.1, -0.05) is 0 Å². The van der Waals surface area contributed by atoms with Crippen LogP contribution in [0.2, 0.25) is 0 Å². The number of hydrogen-bond acceptors (Lipinski definition) is 4. The second-order valence-corrected chi connectivity index (χ2v) is 4.52. The van der Waals surface area contributed by atoms with E-state index in [1.165, 1.54) is 0 Å². The highest BCUT2D eigenvalue weighted by molar-refractivity contribution is 5.97. The molecule has 19 heavy (non-hydrogen) atoms. The first kappa shape index (κ1) is 13.5. The Bertz CT molecular complexity index is 590. The van der Waals surface area contributed by atoms with Crippen LogP contribution in [-0.2, 0) is 7.05 Å². The van der Waals surface area contributed by atoms with Gasteiger partial charge in [-0.3, -0.25) is 9.48 Å². The van der Waals surface area contributed by atoms with Crippen LogP contribution in [0.1, 0.15) is 22.5 Å². The molecule has 0 fully saturated rings. The lowest BCUT2D eigenvalue weighted by molar-refractivity contribution is 0.0953. The number of fused-ring (bicyclic) bond motifs is 1. The summed E-state index contributed by atoms with van der Waals surface area (Å²) in [6.45, 7) is 3.46. The molecule has 6 nitrogen and oxygen atoms in total. The first-order valence-corrected chi connectivity index (χ1v) is 6.35. The molecule has 0 bridgehead atoms. The van der Waals surface area contributed by atoms with Gasteiger partial charge in [-0.05, 0) is 33.0 Å². The van der Waals surface area contributed by atoms with Crippen molar-refractivity contribution in [3.05, 3.63) is 23.5 Å². The Morgan fingerprint density at radius 2 is 2.21 bits per heavy atom. The van der Waals surface area contributed by atoms with Gasteiger partial charge in [-0.15, -0.1) is 0 Å². The summed E-state index contributed by atoms with van der Waals surface area (Å²) in [4.78, 5) is 16.3. The second kappa shape index (κ2) is 5.79. The molecular weight excluding hydrogens is 242 g/mol. The summed E-state index contributed by atoms with van der Waals surface area (Å²) in [7, 11) is 3.74. The molecule has 0 aliphatic rings. The summed E-state index contributed by atoms with van der Waals surface area (Å²) in [5.41, 5.74) is 2.26. The third kappa shape index (κ3) is 2.90. The van der Waals surface area contributed by atoms with Gasteiger partial charge in [0, 0.05) is 25.2 Å². The number of nitrogens with zero attached hydrogens (tertiary/aromatic N) is 3. The van der Waals surface area contributed by atoms with E-state index >= 15 is 0 Å². The van der Waals surface area contributed by atoms with Crippen LogP contribution in [0.25, 0.3) is 11.0 Å². The van der Waals surface area contributed by atoms with Crippen LogP contribution in [0.3, 0.4) is 0 Å². The third-order valence-corrected chi connectivity index (χ3v) is 3.01. The van der Waals surface area contributed by atoms with Crippen LogP contribution in [0.5, 0.6) is 0 Å². The number of nitrogens with one attached hydrogen (secondary N) is 2. The van der Waals surface area contributed by atoms with E-state index in [1.54, 1.807) is 10.9 Å². The van der Waals surface area contributed by atoms with Crippen molar-refractivity contribution in [2.75, 3.05) is 20.1 Å². The lowest BCUT2D eigenvalue weighted by atomic mass is 10.2. The predicted molar refractivity (Wildman–Crippen MR) is 74.1 cm³/mol. The Morgan fingerprint density at radius 1 is 1.42 bits per heavy atom. The van der Waals surface area contributed by atoms with Crippen molar-refractivity contribution in [1.82, 2.24) is 25.4 Å². The normalized spacial score (nSPS) is 10.9. The fraction of sp³-hybridized carbons (Fsp3) is 0.462. The Kier molecular flexibility index (Phi) is 4.11. The van der Waals surface area contributed by atoms with Gasteiger partial charge < -0.3 is 10.6 Å². The topological polar surface area (TPSA) is 71.8 Å². The zero-order valence-electron chi connectivity index (χ0n) is 11.5. The fourth-order valence-corrected chi connectivity index (χ4v) is 2.00. The van der Waals surface area contributed by atoms with Gasteiger partial charge >= 0.3 is 0 Å². The quantitative estimate of drug-likeness (QED) is 0.774. The van der Waals surface area contributed by atoms with Crippen molar-refractivity contribution >= 4 is 16.9 Å². The molecule has 0 aromatic carbocycles. The summed E-state index contributed by atoms with van der Waals surface area (Å²) >= 11 is 0. The molecular formula is C13H19N5O. The van der Waals surface area contributed by atoms with Crippen LogP contribution in [0.15, 0.2) is 12.3 Å². The molecule has 2 aromatic rings. The molecule has 0 aliphatic carbocycles. The first-order valence-electron chi connectivity index (χ1n) is 6.35. The van der Waals surface area contributed by atoms with Gasteiger partial charge in [0.2, 0.25) is 0 Å². The summed E-state index contributed by atoms with van der Waals surface area (Å²) in [5, 5.41) is 11.1. The minimum Gasteiger partial charge on any atom is -0.352 e. The maximum Gasteiger partial charge on any atom is 0.252 e. The molecule has 0 spiro atoms. The Labute approximate surface area is 112 Å². The molecule has 0 unspecified atom stereocenters. The van der Waals surface area contributed by atoms with E-state index in [-0.39, 0.29) is 5.91 Å². The molecule has 0 atom stereocenters. The molecule has 2 aromatic heterocycles. The summed E-state index contributed by atoms with van der Waals surface area (Å²) in [6.07, 6.45) is 2.50. The molecule has 2 heterocycles. The van der Waals surface area contributed by atoms with Gasteiger partial charge in [-0.25, -0.2) is 4.98 Å². The number of pyridine rings is 1. The molecule has 0 radical (unpaired) electrons. The first-order chi connectivity index (χ1) is 9.13. The van der Waals surface area contributed by atoms with Crippen molar-refractivity contribution in [1.29, 1.82) is 0 Å². The molecule has 0 saturated carbocycles. The molecule has 102 valence electrons. The van der Waals surface area contributed by atoms with Crippen LogP contribution in [0.4, 0.5) is 0 Å². The van der Waals surface area contributed by atoms with Crippen molar-refractivity contribution in [3.63, 3.8) is 0 Å². The number of carbonyl (C=O) groups excluding carboxylic acids is 1. The van der Waals surface area contributed by atoms with E-state index in [1.807, 2.05) is 27.1 Å². The monoisotopic (exact) mass is 261 g/mol. The minimum atomic E-state index is -0.0891. The summed E-state index contributed by atoms with van der Waals surface area (Å²) < 4.78 is 1.72. The standard InChI is InChI=1S/C13H19N5O/c1-9-11-7-10(8-16-12(11)18(3)17-9)13(19)15-6-4-5-14-2/h7-8,14H,4-6H2,1-3H3,(H,15,19). The molecule has 1 amide bonds. The average Bonchev–Trinajstić information content (AvgIpc) is 2.69. The van der Waals surface area contributed by atoms with Gasteiger partial charge in [0.15, 0.2) is 5.65 Å². The van der Waals surface area contributed by atoms with Crippen LogP contribution in [0, 0.1) is 6.92 Å². The zero-order valence-corrected chi connectivity index (χ0v) is 11.5. The maximum atomic E-state index is 12.0. The summed E-state index contributed by atoms with van der Waals surface area (Å²) in [6, 6.07) is 1.85. The predicted octanol–water partition coefficient (Wildman–Crippen LogP) is 0.616. The second-order valence-electron chi connectivity index (χ2n) is 4.52. The maximum absolute atomic E-state index is 12.0. The molecule has 2 rings (SSSR count).